The van der Waals surface area contributed by atoms with E-state index in [1.165, 1.54) is 0 Å². The van der Waals surface area contributed by atoms with Crippen LogP contribution in [0.3, 0.4) is 0 Å². The molecule has 0 spiro atoms. The first-order valence-electron chi connectivity index (χ1n) is 8.94. The molecule has 0 unspecified atom stereocenters. The van der Waals surface area contributed by atoms with Gasteiger partial charge in [0.1, 0.15) is 17.3 Å². The van der Waals surface area contributed by atoms with E-state index in [1.807, 2.05) is 67.7 Å². The van der Waals surface area contributed by atoms with Crippen LogP contribution in [0.25, 0.3) is 39.1 Å². The third-order valence-electron chi connectivity index (χ3n) is 4.75. The van der Waals surface area contributed by atoms with Crippen LogP contribution in [-0.2, 0) is 0 Å². The van der Waals surface area contributed by atoms with E-state index in [-0.39, 0.29) is 0 Å². The highest BCUT2D eigenvalue weighted by atomic mass is 15.2. The second kappa shape index (κ2) is 6.29. The first kappa shape index (κ1) is 16.2. The van der Waals surface area contributed by atoms with E-state index in [0.717, 1.165) is 33.3 Å². The van der Waals surface area contributed by atoms with Crippen LogP contribution in [0, 0.1) is 18.3 Å². The Bertz CT molecular complexity index is 1380. The van der Waals surface area contributed by atoms with Crippen molar-refractivity contribution < 1.29 is 0 Å². The Labute approximate surface area is 161 Å². The molecule has 0 bridgehead atoms. The lowest BCUT2D eigenvalue weighted by molar-refractivity contribution is 0.931. The van der Waals surface area contributed by atoms with Gasteiger partial charge < -0.3 is 0 Å². The highest BCUT2D eigenvalue weighted by Crippen LogP contribution is 2.28. The maximum absolute atomic E-state index is 9.68. The monoisotopic (exact) mass is 361 g/mol. The summed E-state index contributed by atoms with van der Waals surface area (Å²) >= 11 is 0. The molecular weight excluding hydrogens is 346 g/mol. The molecule has 28 heavy (non-hydrogen) atoms. The molecule has 5 aromatic rings. The van der Waals surface area contributed by atoms with E-state index in [4.69, 9.17) is 4.98 Å². The van der Waals surface area contributed by atoms with Crippen LogP contribution < -0.4 is 0 Å². The molecule has 132 valence electrons. The average Bonchev–Trinajstić information content (AvgIpc) is 3.11. The van der Waals surface area contributed by atoms with Gasteiger partial charge in [-0.1, -0.05) is 48.5 Å². The average molecular weight is 361 g/mol. The Hall–Kier alpha value is -4.04. The normalized spacial score (nSPS) is 11.0. The molecule has 0 aliphatic rings. The maximum atomic E-state index is 9.68. The number of fused-ring (bicyclic) bond motifs is 2. The fourth-order valence-corrected chi connectivity index (χ4v) is 3.37. The van der Waals surface area contributed by atoms with Gasteiger partial charge in [-0.15, -0.1) is 0 Å². The summed E-state index contributed by atoms with van der Waals surface area (Å²) in [5, 5.41) is 15.3. The summed E-state index contributed by atoms with van der Waals surface area (Å²) in [5.41, 5.74) is 6.34. The van der Waals surface area contributed by atoms with Crippen molar-refractivity contribution >= 4 is 16.6 Å². The van der Waals surface area contributed by atoms with Crippen LogP contribution >= 0.6 is 0 Å². The summed E-state index contributed by atoms with van der Waals surface area (Å²) in [5.74, 6) is 0. The molecule has 0 N–H and O–H groups in total. The Morgan fingerprint density at radius 3 is 2.61 bits per heavy atom. The number of aromatic nitrogens is 4. The Balaban J connectivity index is 1.69. The second-order valence-corrected chi connectivity index (χ2v) is 6.70. The Morgan fingerprint density at radius 2 is 1.79 bits per heavy atom. The molecule has 0 radical (unpaired) electrons. The molecule has 5 nitrogen and oxygen atoms in total. The lowest BCUT2D eigenvalue weighted by atomic mass is 10.0. The van der Waals surface area contributed by atoms with Gasteiger partial charge in [0.15, 0.2) is 5.65 Å². The smallest absolute Gasteiger partial charge is 0.173 e. The zero-order chi connectivity index (χ0) is 19.1. The molecule has 0 fully saturated rings. The van der Waals surface area contributed by atoms with Crippen LogP contribution in [-0.4, -0.2) is 19.6 Å². The third-order valence-corrected chi connectivity index (χ3v) is 4.75. The molecule has 0 saturated heterocycles. The van der Waals surface area contributed by atoms with Gasteiger partial charge in [0.2, 0.25) is 0 Å². The number of pyridine rings is 1. The number of benzene rings is 2. The van der Waals surface area contributed by atoms with Crippen molar-refractivity contribution in [3.63, 3.8) is 0 Å². The lowest BCUT2D eigenvalue weighted by Crippen LogP contribution is -1.91. The first-order chi connectivity index (χ1) is 13.7. The number of nitrogens with zero attached hydrogens (tertiary/aromatic N) is 5. The first-order valence-corrected chi connectivity index (χ1v) is 8.94. The van der Waals surface area contributed by atoms with Gasteiger partial charge in [-0.3, -0.25) is 0 Å². The fraction of sp³-hybridized carbons (Fsp3) is 0.0435. The predicted molar refractivity (Wildman–Crippen MR) is 109 cm³/mol. The van der Waals surface area contributed by atoms with Gasteiger partial charge >= 0.3 is 0 Å². The van der Waals surface area contributed by atoms with Crippen LogP contribution in [0.2, 0.25) is 0 Å². The van der Waals surface area contributed by atoms with Crippen molar-refractivity contribution in [2.24, 2.45) is 0 Å². The molecular formula is C23H15N5. The van der Waals surface area contributed by atoms with Crippen molar-refractivity contribution in [2.45, 2.75) is 6.92 Å². The quantitative estimate of drug-likeness (QED) is 0.453. The van der Waals surface area contributed by atoms with Crippen LogP contribution in [0.1, 0.15) is 11.1 Å². The number of aryl methyl sites for hydroxylation is 1. The zero-order valence-electron chi connectivity index (χ0n) is 15.2. The molecule has 5 heteroatoms. The van der Waals surface area contributed by atoms with Gasteiger partial charge in [-0.25, -0.2) is 14.5 Å². The summed E-state index contributed by atoms with van der Waals surface area (Å²) in [6, 6.07) is 22.4. The molecule has 3 heterocycles. The summed E-state index contributed by atoms with van der Waals surface area (Å²) < 4.78 is 1.67. The highest BCUT2D eigenvalue weighted by molar-refractivity contribution is 5.87. The van der Waals surface area contributed by atoms with Gasteiger partial charge in [-0.2, -0.15) is 10.4 Å². The maximum Gasteiger partial charge on any atom is 0.173 e. The Kier molecular flexibility index (Phi) is 3.63. The fourth-order valence-electron chi connectivity index (χ4n) is 3.37. The minimum atomic E-state index is 0.471. The molecule has 0 aliphatic carbocycles. The molecule has 3 aromatic heterocycles. The number of nitriles is 1. The lowest BCUT2D eigenvalue weighted by Gasteiger charge is -2.05. The predicted octanol–water partition coefficient (Wildman–Crippen LogP) is 4.79. The van der Waals surface area contributed by atoms with Gasteiger partial charge in [0.05, 0.1) is 11.2 Å². The largest absolute Gasteiger partial charge is 0.248 e. The molecule has 0 atom stereocenters. The SMILES string of the molecule is Cc1cnc2c(C#N)c(-c3ccc4ccc(-c5ccccc5)nc4c3)nn2c1. The number of hydrogen-bond donors (Lipinski definition) is 0. The molecule has 2 aromatic carbocycles. The van der Waals surface area contributed by atoms with Crippen molar-refractivity contribution in [1.29, 1.82) is 5.26 Å². The van der Waals surface area contributed by atoms with Crippen LogP contribution in [0.4, 0.5) is 0 Å². The summed E-state index contributed by atoms with van der Waals surface area (Å²) in [7, 11) is 0. The van der Waals surface area contributed by atoms with E-state index in [2.05, 4.69) is 22.2 Å². The van der Waals surface area contributed by atoms with Gasteiger partial charge in [-0.05, 0) is 24.6 Å². The number of hydrogen-bond acceptors (Lipinski definition) is 4. The molecule has 0 amide bonds. The van der Waals surface area contributed by atoms with E-state index in [0.29, 0.717) is 16.9 Å². The molecule has 5 rings (SSSR count). The van der Waals surface area contributed by atoms with E-state index in [9.17, 15) is 5.26 Å². The molecule has 0 saturated carbocycles. The van der Waals surface area contributed by atoms with Crippen LogP contribution in [0.5, 0.6) is 0 Å². The van der Waals surface area contributed by atoms with Gasteiger partial charge in [0, 0.05) is 28.9 Å². The minimum Gasteiger partial charge on any atom is -0.248 e. The van der Waals surface area contributed by atoms with Crippen molar-refractivity contribution in [3.05, 3.63) is 84.2 Å². The minimum absolute atomic E-state index is 0.471. The zero-order valence-corrected chi connectivity index (χ0v) is 15.2. The van der Waals surface area contributed by atoms with E-state index < -0.39 is 0 Å². The van der Waals surface area contributed by atoms with Crippen LogP contribution in [0.15, 0.2) is 73.1 Å². The summed E-state index contributed by atoms with van der Waals surface area (Å²) in [6.07, 6.45) is 3.62. The van der Waals surface area contributed by atoms with Crippen molar-refractivity contribution in [2.75, 3.05) is 0 Å². The van der Waals surface area contributed by atoms with Crippen molar-refractivity contribution in [1.82, 2.24) is 19.6 Å². The number of rotatable bonds is 2. The Morgan fingerprint density at radius 1 is 0.964 bits per heavy atom. The van der Waals surface area contributed by atoms with Gasteiger partial charge in [0.25, 0.3) is 0 Å². The highest BCUT2D eigenvalue weighted by Gasteiger charge is 2.16. The topological polar surface area (TPSA) is 66.9 Å². The second-order valence-electron chi connectivity index (χ2n) is 6.70. The summed E-state index contributed by atoms with van der Waals surface area (Å²) in [4.78, 5) is 9.20. The van der Waals surface area contributed by atoms with E-state index >= 15 is 0 Å². The standard InChI is InChI=1S/C23H15N5/c1-15-13-25-23-19(12-24)22(27-28(23)14-15)18-8-7-17-9-10-20(26-21(17)11-18)16-5-3-2-4-6-16/h2-11,13-14H,1H3. The van der Waals surface area contributed by atoms with E-state index in [1.54, 1.807) is 10.7 Å². The van der Waals surface area contributed by atoms with Crippen molar-refractivity contribution in [3.8, 4) is 28.6 Å². The summed E-state index contributed by atoms with van der Waals surface area (Å²) in [6.45, 7) is 1.95. The third kappa shape index (κ3) is 2.60. The molecule has 0 aliphatic heterocycles.